The number of halogens is 1. The van der Waals surface area contributed by atoms with Crippen LogP contribution in [0.5, 0.6) is 0 Å². The first-order valence-electron chi connectivity index (χ1n) is 5.32. The van der Waals surface area contributed by atoms with E-state index in [1.54, 1.807) is 4.90 Å². The van der Waals surface area contributed by atoms with Gasteiger partial charge in [-0.1, -0.05) is 0 Å². The van der Waals surface area contributed by atoms with E-state index >= 15 is 0 Å². The zero-order valence-electron chi connectivity index (χ0n) is 9.38. The minimum Gasteiger partial charge on any atom is -0.360 e. The van der Waals surface area contributed by atoms with Crippen LogP contribution in [0.4, 0.5) is 15.8 Å². The second kappa shape index (κ2) is 4.98. The van der Waals surface area contributed by atoms with Crippen LogP contribution >= 0.6 is 0 Å². The van der Waals surface area contributed by atoms with E-state index in [1.165, 1.54) is 0 Å². The molecule has 1 unspecified atom stereocenters. The summed E-state index contributed by atoms with van der Waals surface area (Å²) < 4.78 is 18.3. The minimum absolute atomic E-state index is 0.171. The Bertz CT molecular complexity index is 515. The van der Waals surface area contributed by atoms with Gasteiger partial charge in [-0.3, -0.25) is 10.1 Å². The van der Waals surface area contributed by atoms with E-state index in [9.17, 15) is 14.5 Å². The number of benzene rings is 1. The number of morpholine rings is 1. The third-order valence-corrected chi connectivity index (χ3v) is 2.69. The maximum absolute atomic E-state index is 13.2. The number of hydrogen-bond acceptors (Lipinski definition) is 5. The molecule has 1 aromatic rings. The third kappa shape index (κ3) is 2.38. The molecule has 0 aliphatic carbocycles. The fraction of sp³-hybridized carbons (Fsp3) is 0.364. The fourth-order valence-corrected chi connectivity index (χ4v) is 1.85. The van der Waals surface area contributed by atoms with Crippen molar-refractivity contribution in [2.24, 2.45) is 0 Å². The maximum Gasteiger partial charge on any atom is 0.292 e. The van der Waals surface area contributed by atoms with Crippen LogP contribution in [0.25, 0.3) is 0 Å². The summed E-state index contributed by atoms with van der Waals surface area (Å²) >= 11 is 0. The van der Waals surface area contributed by atoms with Gasteiger partial charge in [0.15, 0.2) is 6.10 Å². The molecular formula is C11H10FN3O3. The Morgan fingerprint density at radius 3 is 3.06 bits per heavy atom. The lowest BCUT2D eigenvalue weighted by Gasteiger charge is -2.31. The van der Waals surface area contributed by atoms with Gasteiger partial charge in [0.1, 0.15) is 11.5 Å². The Morgan fingerprint density at radius 2 is 2.39 bits per heavy atom. The molecule has 0 spiro atoms. The Kier molecular flexibility index (Phi) is 3.39. The summed E-state index contributed by atoms with van der Waals surface area (Å²) in [5, 5.41) is 19.7. The molecule has 1 saturated heterocycles. The Hall–Kier alpha value is -2.20. The van der Waals surface area contributed by atoms with Crippen molar-refractivity contribution >= 4 is 11.4 Å². The van der Waals surface area contributed by atoms with Gasteiger partial charge in [-0.15, -0.1) is 0 Å². The number of nitro benzene ring substituents is 1. The lowest BCUT2D eigenvalue weighted by Crippen LogP contribution is -2.42. The summed E-state index contributed by atoms with van der Waals surface area (Å²) in [7, 11) is 0. The number of anilines is 1. The van der Waals surface area contributed by atoms with Crippen molar-refractivity contribution in [1.82, 2.24) is 0 Å². The number of hydrogen-bond donors (Lipinski definition) is 0. The lowest BCUT2D eigenvalue weighted by molar-refractivity contribution is -0.384. The summed E-state index contributed by atoms with van der Waals surface area (Å²) in [5.74, 6) is -0.546. The van der Waals surface area contributed by atoms with Gasteiger partial charge in [0.25, 0.3) is 5.69 Å². The van der Waals surface area contributed by atoms with Crippen LogP contribution in [0.1, 0.15) is 0 Å². The molecule has 0 N–H and O–H groups in total. The molecule has 1 aliphatic heterocycles. The quantitative estimate of drug-likeness (QED) is 0.587. The predicted octanol–water partition coefficient (Wildman–Crippen LogP) is 1.46. The second-order valence-corrected chi connectivity index (χ2v) is 3.82. The van der Waals surface area contributed by atoms with E-state index in [-0.39, 0.29) is 24.5 Å². The van der Waals surface area contributed by atoms with Crippen LogP contribution in [0.15, 0.2) is 18.2 Å². The van der Waals surface area contributed by atoms with Crippen LogP contribution in [0.3, 0.4) is 0 Å². The molecule has 6 nitrogen and oxygen atoms in total. The molecule has 1 atom stereocenters. The van der Waals surface area contributed by atoms with Crippen molar-refractivity contribution in [3.05, 3.63) is 34.1 Å². The van der Waals surface area contributed by atoms with Crippen LogP contribution in [-0.4, -0.2) is 30.7 Å². The van der Waals surface area contributed by atoms with Crippen LogP contribution < -0.4 is 4.90 Å². The summed E-state index contributed by atoms with van der Waals surface area (Å²) in [6.07, 6.45) is -0.651. The molecule has 0 aromatic heterocycles. The Labute approximate surface area is 102 Å². The van der Waals surface area contributed by atoms with Gasteiger partial charge in [-0.05, 0) is 6.07 Å². The van der Waals surface area contributed by atoms with Crippen molar-refractivity contribution < 1.29 is 14.1 Å². The van der Waals surface area contributed by atoms with Crippen molar-refractivity contribution in [3.63, 3.8) is 0 Å². The van der Waals surface area contributed by atoms with Gasteiger partial charge in [-0.25, -0.2) is 4.39 Å². The first kappa shape index (κ1) is 12.3. The number of nitriles is 1. The summed E-state index contributed by atoms with van der Waals surface area (Å²) in [6.45, 7) is 0.870. The Balaban J connectivity index is 2.34. The van der Waals surface area contributed by atoms with Crippen LogP contribution in [-0.2, 0) is 4.74 Å². The van der Waals surface area contributed by atoms with Crippen molar-refractivity contribution in [1.29, 1.82) is 5.26 Å². The number of rotatable bonds is 2. The van der Waals surface area contributed by atoms with Crippen molar-refractivity contribution in [2.45, 2.75) is 6.10 Å². The average Bonchev–Trinajstić information content (AvgIpc) is 2.38. The molecule has 0 saturated carbocycles. The molecule has 1 aliphatic rings. The molecule has 94 valence electrons. The van der Waals surface area contributed by atoms with Crippen molar-refractivity contribution in [2.75, 3.05) is 24.6 Å². The van der Waals surface area contributed by atoms with Gasteiger partial charge < -0.3 is 9.64 Å². The number of ether oxygens (including phenoxy) is 1. The molecule has 0 radical (unpaired) electrons. The smallest absolute Gasteiger partial charge is 0.292 e. The highest BCUT2D eigenvalue weighted by Crippen LogP contribution is 2.30. The highest BCUT2D eigenvalue weighted by atomic mass is 19.1. The van der Waals surface area contributed by atoms with E-state index in [0.29, 0.717) is 6.54 Å². The predicted molar refractivity (Wildman–Crippen MR) is 60.6 cm³/mol. The van der Waals surface area contributed by atoms with Gasteiger partial charge in [0, 0.05) is 18.7 Å². The van der Waals surface area contributed by atoms with Crippen LogP contribution in [0, 0.1) is 27.3 Å². The monoisotopic (exact) mass is 251 g/mol. The van der Waals surface area contributed by atoms with E-state index in [0.717, 1.165) is 18.2 Å². The highest BCUT2D eigenvalue weighted by Gasteiger charge is 2.26. The van der Waals surface area contributed by atoms with E-state index < -0.39 is 16.8 Å². The molecular weight excluding hydrogens is 241 g/mol. The lowest BCUT2D eigenvalue weighted by atomic mass is 10.2. The first-order chi connectivity index (χ1) is 8.61. The standard InChI is InChI=1S/C11H10FN3O3/c12-8-1-2-10(15(16)17)11(5-8)14-3-4-18-9(6-13)7-14/h1-2,5,9H,3-4,7H2. The highest BCUT2D eigenvalue weighted by molar-refractivity contribution is 5.63. The van der Waals surface area contributed by atoms with Gasteiger partial charge in [0.05, 0.1) is 24.1 Å². The van der Waals surface area contributed by atoms with Crippen LogP contribution in [0.2, 0.25) is 0 Å². The van der Waals surface area contributed by atoms with E-state index in [4.69, 9.17) is 10.00 Å². The summed E-state index contributed by atoms with van der Waals surface area (Å²) in [4.78, 5) is 11.9. The number of nitro groups is 1. The van der Waals surface area contributed by atoms with Crippen molar-refractivity contribution in [3.8, 4) is 6.07 Å². The average molecular weight is 251 g/mol. The van der Waals surface area contributed by atoms with E-state index in [1.807, 2.05) is 6.07 Å². The fourth-order valence-electron chi connectivity index (χ4n) is 1.85. The normalized spacial score (nSPS) is 19.3. The van der Waals surface area contributed by atoms with E-state index in [2.05, 4.69) is 0 Å². The maximum atomic E-state index is 13.2. The second-order valence-electron chi connectivity index (χ2n) is 3.82. The first-order valence-corrected chi connectivity index (χ1v) is 5.32. The molecule has 2 rings (SSSR count). The molecule has 0 bridgehead atoms. The Morgan fingerprint density at radius 1 is 1.61 bits per heavy atom. The molecule has 7 heteroatoms. The summed E-state index contributed by atoms with van der Waals surface area (Å²) in [5.41, 5.74) is 0.0125. The zero-order chi connectivity index (χ0) is 13.1. The zero-order valence-corrected chi connectivity index (χ0v) is 9.38. The van der Waals surface area contributed by atoms with Gasteiger partial charge in [-0.2, -0.15) is 5.26 Å². The minimum atomic E-state index is -0.651. The largest absolute Gasteiger partial charge is 0.360 e. The topological polar surface area (TPSA) is 79.4 Å². The molecule has 1 aromatic carbocycles. The SMILES string of the molecule is N#CC1CN(c2cc(F)ccc2[N+](=O)[O-])CCO1. The van der Waals surface area contributed by atoms with Gasteiger partial charge >= 0.3 is 0 Å². The third-order valence-electron chi connectivity index (χ3n) is 2.69. The molecule has 1 fully saturated rings. The molecule has 0 amide bonds. The molecule has 18 heavy (non-hydrogen) atoms. The molecule has 1 heterocycles. The van der Waals surface area contributed by atoms with Gasteiger partial charge in [0.2, 0.25) is 0 Å². The number of nitrogens with zero attached hydrogens (tertiary/aromatic N) is 3. The summed E-state index contributed by atoms with van der Waals surface area (Å²) in [6, 6.07) is 5.22.